The van der Waals surface area contributed by atoms with Gasteiger partial charge in [-0.1, -0.05) is 12.8 Å². The first-order chi connectivity index (χ1) is 8.89. The molecule has 0 aromatic rings. The van der Waals surface area contributed by atoms with E-state index in [0.29, 0.717) is 19.1 Å². The molecule has 6 heteroatoms. The largest absolute Gasteiger partial charge is 0.312 e. The molecule has 0 radical (unpaired) electrons. The summed E-state index contributed by atoms with van der Waals surface area (Å²) in [5.74, 6) is 0. The van der Waals surface area contributed by atoms with Crippen LogP contribution < -0.4 is 5.32 Å². The molecule has 1 N–H and O–H groups in total. The molecule has 114 valence electrons. The van der Waals surface area contributed by atoms with E-state index in [4.69, 9.17) is 0 Å². The molecule has 1 fully saturated rings. The van der Waals surface area contributed by atoms with E-state index in [1.54, 1.807) is 7.05 Å². The van der Waals surface area contributed by atoms with E-state index in [-0.39, 0.29) is 0 Å². The molecule has 0 amide bonds. The van der Waals surface area contributed by atoms with Gasteiger partial charge < -0.3 is 10.2 Å². The zero-order chi connectivity index (χ0) is 14.3. The summed E-state index contributed by atoms with van der Waals surface area (Å²) in [6, 6.07) is 0.408. The van der Waals surface area contributed by atoms with Gasteiger partial charge in [0.2, 0.25) is 10.0 Å². The molecule has 0 unspecified atom stereocenters. The Morgan fingerprint density at radius 1 is 1.21 bits per heavy atom. The lowest BCUT2D eigenvalue weighted by Gasteiger charge is -2.25. The molecule has 0 aliphatic carbocycles. The minimum absolute atomic E-state index is 0.408. The van der Waals surface area contributed by atoms with Crippen LogP contribution >= 0.6 is 0 Å². The van der Waals surface area contributed by atoms with Gasteiger partial charge in [0.05, 0.1) is 6.26 Å². The summed E-state index contributed by atoms with van der Waals surface area (Å²) in [6.07, 6.45) is 6.58. The first-order valence-corrected chi connectivity index (χ1v) is 9.11. The van der Waals surface area contributed by atoms with Crippen molar-refractivity contribution in [2.24, 2.45) is 0 Å². The molecule has 0 saturated carbocycles. The second kappa shape index (κ2) is 8.19. The fourth-order valence-corrected chi connectivity index (χ4v) is 2.83. The predicted octanol–water partition coefficient (Wildman–Crippen LogP) is 0.732. The van der Waals surface area contributed by atoms with Gasteiger partial charge in [-0.3, -0.25) is 0 Å². The molecule has 1 atom stereocenters. The van der Waals surface area contributed by atoms with Crippen molar-refractivity contribution in [2.75, 3.05) is 46.0 Å². The van der Waals surface area contributed by atoms with Gasteiger partial charge in [0.25, 0.3) is 0 Å². The molecular weight excluding hydrogens is 262 g/mol. The van der Waals surface area contributed by atoms with Crippen molar-refractivity contribution in [3.8, 4) is 0 Å². The quantitative estimate of drug-likeness (QED) is 0.751. The second-order valence-electron chi connectivity index (χ2n) is 5.65. The Morgan fingerprint density at radius 3 is 2.32 bits per heavy atom. The number of likely N-dealkylation sites (tertiary alicyclic amines) is 1. The minimum atomic E-state index is -3.05. The highest BCUT2D eigenvalue weighted by Crippen LogP contribution is 2.09. The molecule has 1 aliphatic rings. The van der Waals surface area contributed by atoms with Crippen LogP contribution in [-0.4, -0.2) is 69.7 Å². The van der Waals surface area contributed by atoms with Gasteiger partial charge in [-0.2, -0.15) is 0 Å². The lowest BCUT2D eigenvalue weighted by molar-refractivity contribution is 0.255. The van der Waals surface area contributed by atoms with E-state index >= 15 is 0 Å². The molecule has 5 nitrogen and oxygen atoms in total. The zero-order valence-electron chi connectivity index (χ0n) is 12.6. The number of rotatable bonds is 7. The summed E-state index contributed by atoms with van der Waals surface area (Å²) in [4.78, 5) is 2.52. The van der Waals surface area contributed by atoms with Gasteiger partial charge in [-0.25, -0.2) is 12.7 Å². The summed E-state index contributed by atoms with van der Waals surface area (Å²) < 4.78 is 23.9. The molecule has 0 spiro atoms. The summed E-state index contributed by atoms with van der Waals surface area (Å²) in [7, 11) is -1.43. The van der Waals surface area contributed by atoms with Crippen molar-refractivity contribution in [1.29, 1.82) is 0 Å². The predicted molar refractivity (Wildman–Crippen MR) is 79.8 cm³/mol. The van der Waals surface area contributed by atoms with Crippen molar-refractivity contribution in [3.63, 3.8) is 0 Å². The highest BCUT2D eigenvalue weighted by atomic mass is 32.2. The number of sulfonamides is 1. The average Bonchev–Trinajstić information content (AvgIpc) is 2.56. The average molecular weight is 291 g/mol. The highest BCUT2D eigenvalue weighted by Gasteiger charge is 2.13. The molecule has 0 bridgehead atoms. The van der Waals surface area contributed by atoms with Crippen LogP contribution in [0.4, 0.5) is 0 Å². The lowest BCUT2D eigenvalue weighted by Crippen LogP contribution is -2.42. The fourth-order valence-electron chi connectivity index (χ4n) is 2.40. The monoisotopic (exact) mass is 291 g/mol. The van der Waals surface area contributed by atoms with Crippen LogP contribution in [0.1, 0.15) is 32.6 Å². The topological polar surface area (TPSA) is 52.6 Å². The van der Waals surface area contributed by atoms with Gasteiger partial charge in [0, 0.05) is 32.7 Å². The highest BCUT2D eigenvalue weighted by molar-refractivity contribution is 7.88. The summed E-state index contributed by atoms with van der Waals surface area (Å²) >= 11 is 0. The Bertz CT molecular complexity index is 338. The van der Waals surface area contributed by atoms with Crippen LogP contribution in [0.25, 0.3) is 0 Å². The molecule has 0 aromatic carbocycles. The van der Waals surface area contributed by atoms with Crippen LogP contribution in [-0.2, 0) is 10.0 Å². The number of nitrogens with zero attached hydrogens (tertiary/aromatic N) is 2. The third-order valence-electron chi connectivity index (χ3n) is 3.72. The summed E-state index contributed by atoms with van der Waals surface area (Å²) in [5, 5.41) is 3.41. The molecule has 1 rings (SSSR count). The smallest absolute Gasteiger partial charge is 0.210 e. The van der Waals surface area contributed by atoms with E-state index in [0.717, 1.165) is 6.54 Å². The third-order valence-corrected chi connectivity index (χ3v) is 5.03. The van der Waals surface area contributed by atoms with Crippen LogP contribution in [0.2, 0.25) is 0 Å². The Kier molecular flexibility index (Phi) is 7.28. The van der Waals surface area contributed by atoms with E-state index < -0.39 is 10.0 Å². The molecule has 1 saturated heterocycles. The summed E-state index contributed by atoms with van der Waals surface area (Å²) in [6.45, 7) is 6.88. The van der Waals surface area contributed by atoms with Crippen LogP contribution in [0, 0.1) is 0 Å². The van der Waals surface area contributed by atoms with Gasteiger partial charge in [-0.15, -0.1) is 0 Å². The SMILES string of the molecule is C[C@H](CN1CCCCCC1)NCCN(C)S(C)(=O)=O. The normalized spacial score (nSPS) is 20.4. The number of nitrogens with one attached hydrogen (secondary N) is 1. The van der Waals surface area contributed by atoms with Crippen LogP contribution in [0.15, 0.2) is 0 Å². The van der Waals surface area contributed by atoms with E-state index in [2.05, 4.69) is 17.1 Å². The minimum Gasteiger partial charge on any atom is -0.312 e. The Morgan fingerprint density at radius 2 is 1.79 bits per heavy atom. The Balaban J connectivity index is 2.18. The Hall–Kier alpha value is -0.170. The number of hydrogen-bond acceptors (Lipinski definition) is 4. The first kappa shape index (κ1) is 16.9. The van der Waals surface area contributed by atoms with Crippen molar-refractivity contribution in [1.82, 2.24) is 14.5 Å². The molecule has 1 aliphatic heterocycles. The lowest BCUT2D eigenvalue weighted by atomic mass is 10.2. The standard InChI is InChI=1S/C13H29N3O2S/c1-13(12-16-9-6-4-5-7-10-16)14-8-11-15(2)19(3,17)18/h13-14H,4-12H2,1-3H3/t13-/m1/s1. The maximum Gasteiger partial charge on any atom is 0.210 e. The van der Waals surface area contributed by atoms with Crippen LogP contribution in [0.5, 0.6) is 0 Å². The van der Waals surface area contributed by atoms with E-state index in [1.807, 2.05) is 0 Å². The van der Waals surface area contributed by atoms with E-state index in [9.17, 15) is 8.42 Å². The molecule has 1 heterocycles. The van der Waals surface area contributed by atoms with Crippen molar-refractivity contribution >= 4 is 10.0 Å². The van der Waals surface area contributed by atoms with Crippen LogP contribution in [0.3, 0.4) is 0 Å². The van der Waals surface area contributed by atoms with Gasteiger partial charge in [0.1, 0.15) is 0 Å². The third kappa shape index (κ3) is 7.25. The van der Waals surface area contributed by atoms with Crippen molar-refractivity contribution in [3.05, 3.63) is 0 Å². The molecule has 19 heavy (non-hydrogen) atoms. The molecule has 0 aromatic heterocycles. The Labute approximate surface area is 118 Å². The van der Waals surface area contributed by atoms with Gasteiger partial charge in [0.15, 0.2) is 0 Å². The maximum atomic E-state index is 11.3. The maximum absolute atomic E-state index is 11.3. The van der Waals surface area contributed by atoms with Crippen molar-refractivity contribution < 1.29 is 8.42 Å². The van der Waals surface area contributed by atoms with E-state index in [1.165, 1.54) is 49.3 Å². The zero-order valence-corrected chi connectivity index (χ0v) is 13.4. The first-order valence-electron chi connectivity index (χ1n) is 7.26. The van der Waals surface area contributed by atoms with Gasteiger partial charge >= 0.3 is 0 Å². The van der Waals surface area contributed by atoms with Crippen molar-refractivity contribution in [2.45, 2.75) is 38.6 Å². The number of hydrogen-bond donors (Lipinski definition) is 1. The fraction of sp³-hybridized carbons (Fsp3) is 1.00. The second-order valence-corrected chi connectivity index (χ2v) is 7.74. The van der Waals surface area contributed by atoms with Gasteiger partial charge in [-0.05, 0) is 32.9 Å². The number of likely N-dealkylation sites (N-methyl/N-ethyl adjacent to an activating group) is 1. The molecular formula is C13H29N3O2S. The summed E-state index contributed by atoms with van der Waals surface area (Å²) in [5.41, 5.74) is 0.